The Morgan fingerprint density at radius 3 is 1.47 bits per heavy atom. The molecule has 0 saturated heterocycles. The van der Waals surface area contributed by atoms with Crippen LogP contribution in [-0.4, -0.2) is 41.8 Å². The first-order valence-electron chi connectivity index (χ1n) is 16.0. The molecule has 224 valence electrons. The van der Waals surface area contributed by atoms with Crippen molar-refractivity contribution in [1.82, 2.24) is 9.80 Å². The van der Waals surface area contributed by atoms with Gasteiger partial charge in [0.1, 0.15) is 0 Å². The van der Waals surface area contributed by atoms with Gasteiger partial charge in [-0.1, -0.05) is 113 Å². The van der Waals surface area contributed by atoms with Gasteiger partial charge in [0, 0.05) is 31.5 Å². The average molecular weight is 576 g/mol. The van der Waals surface area contributed by atoms with Gasteiger partial charge < -0.3 is 14.7 Å². The Hall–Kier alpha value is -4.12. The Kier molecular flexibility index (Phi) is 9.81. The fraction of sp³-hybridized carbons (Fsp3) is 0.368. The number of carbonyl (C=O) groups excluding carboxylic acids is 2. The van der Waals surface area contributed by atoms with Gasteiger partial charge in [-0.05, 0) is 55.2 Å². The standard InChI is InChI=1S/C38H45N3O2/c1-5-7-9-14-26-40-35(29-20-18-28(3)19-21-29)33-34(38(40)43)36(41(37(33)42)27-15-10-8-6-2)30-22-24-32(25-23-30)39(4)31-16-12-11-13-17-31/h11-13,16-25H,5-10,14-15,26-27H2,1-4H3. The third-order valence-electron chi connectivity index (χ3n) is 8.65. The molecule has 5 rings (SSSR count). The van der Waals surface area contributed by atoms with E-state index in [1.165, 1.54) is 0 Å². The van der Waals surface area contributed by atoms with E-state index < -0.39 is 0 Å². The van der Waals surface area contributed by atoms with E-state index in [-0.39, 0.29) is 11.8 Å². The van der Waals surface area contributed by atoms with Gasteiger partial charge in [0.15, 0.2) is 0 Å². The van der Waals surface area contributed by atoms with E-state index in [4.69, 9.17) is 0 Å². The number of aryl methyl sites for hydroxylation is 1. The van der Waals surface area contributed by atoms with Gasteiger partial charge in [-0.25, -0.2) is 0 Å². The summed E-state index contributed by atoms with van der Waals surface area (Å²) in [4.78, 5) is 34.6. The largest absolute Gasteiger partial charge is 0.345 e. The van der Waals surface area contributed by atoms with Crippen LogP contribution < -0.4 is 4.90 Å². The zero-order valence-electron chi connectivity index (χ0n) is 26.2. The summed E-state index contributed by atoms with van der Waals surface area (Å²) in [5, 5.41) is 0. The molecule has 5 nitrogen and oxygen atoms in total. The van der Waals surface area contributed by atoms with Crippen molar-refractivity contribution in [3.63, 3.8) is 0 Å². The molecule has 43 heavy (non-hydrogen) atoms. The van der Waals surface area contributed by atoms with Gasteiger partial charge in [0.25, 0.3) is 11.8 Å². The zero-order valence-corrected chi connectivity index (χ0v) is 26.2. The second-order valence-corrected chi connectivity index (χ2v) is 11.8. The Bertz CT molecular complexity index is 1490. The fourth-order valence-corrected chi connectivity index (χ4v) is 6.17. The molecule has 2 aliphatic rings. The van der Waals surface area contributed by atoms with E-state index >= 15 is 0 Å². The van der Waals surface area contributed by atoms with Crippen LogP contribution in [0.15, 0.2) is 90.0 Å². The summed E-state index contributed by atoms with van der Waals surface area (Å²) in [6.07, 6.45) is 8.49. The first-order valence-corrected chi connectivity index (χ1v) is 16.0. The summed E-state index contributed by atoms with van der Waals surface area (Å²) in [5.41, 5.74) is 7.81. The summed E-state index contributed by atoms with van der Waals surface area (Å²) in [6, 6.07) is 26.8. The number of amides is 2. The Labute approximate surface area is 257 Å². The summed E-state index contributed by atoms with van der Waals surface area (Å²) >= 11 is 0. The van der Waals surface area contributed by atoms with E-state index in [9.17, 15) is 9.59 Å². The molecule has 2 heterocycles. The minimum Gasteiger partial charge on any atom is -0.345 e. The molecule has 0 atom stereocenters. The highest BCUT2D eigenvalue weighted by atomic mass is 16.2. The number of para-hydroxylation sites is 1. The van der Waals surface area contributed by atoms with Crippen molar-refractivity contribution in [2.75, 3.05) is 25.0 Å². The lowest BCUT2D eigenvalue weighted by Gasteiger charge is -2.26. The van der Waals surface area contributed by atoms with Crippen LogP contribution in [0.5, 0.6) is 0 Å². The van der Waals surface area contributed by atoms with Gasteiger partial charge in [0.05, 0.1) is 22.5 Å². The molecule has 0 bridgehead atoms. The Morgan fingerprint density at radius 2 is 1.00 bits per heavy atom. The number of unbranched alkanes of at least 4 members (excludes halogenated alkanes) is 6. The molecule has 0 fully saturated rings. The van der Waals surface area contributed by atoms with Gasteiger partial charge in [-0.15, -0.1) is 0 Å². The topological polar surface area (TPSA) is 43.9 Å². The van der Waals surface area contributed by atoms with E-state index in [1.807, 2.05) is 28.0 Å². The molecule has 3 aromatic rings. The molecular weight excluding hydrogens is 530 g/mol. The smallest absolute Gasteiger partial charge is 0.261 e. The second kappa shape index (κ2) is 13.9. The first kappa shape index (κ1) is 30.3. The maximum absolute atomic E-state index is 14.4. The lowest BCUT2D eigenvalue weighted by molar-refractivity contribution is -0.124. The minimum atomic E-state index is -0.0491. The van der Waals surface area contributed by atoms with Crippen LogP contribution in [0.1, 0.15) is 81.9 Å². The minimum absolute atomic E-state index is 0.0491. The van der Waals surface area contributed by atoms with E-state index in [2.05, 4.69) is 93.4 Å². The van der Waals surface area contributed by atoms with Crippen molar-refractivity contribution in [3.8, 4) is 0 Å². The number of benzene rings is 3. The highest BCUT2D eigenvalue weighted by Crippen LogP contribution is 2.47. The van der Waals surface area contributed by atoms with Crippen LogP contribution in [0.3, 0.4) is 0 Å². The SMILES string of the molecule is CCCCCCN1C(=O)C2=C(c3ccc(N(C)c4ccccc4)cc3)N(CCCCCC)C(=O)C2=C1c1ccc(C)cc1. The van der Waals surface area contributed by atoms with Crippen LogP contribution in [0, 0.1) is 6.92 Å². The Morgan fingerprint density at radius 1 is 0.558 bits per heavy atom. The number of fused-ring (bicyclic) bond motifs is 1. The molecule has 0 unspecified atom stereocenters. The third kappa shape index (κ3) is 6.31. The molecule has 0 aliphatic carbocycles. The highest BCUT2D eigenvalue weighted by molar-refractivity contribution is 6.30. The molecule has 0 N–H and O–H groups in total. The highest BCUT2D eigenvalue weighted by Gasteiger charge is 2.48. The van der Waals surface area contributed by atoms with Crippen LogP contribution in [0.25, 0.3) is 11.4 Å². The average Bonchev–Trinajstić information content (AvgIpc) is 3.48. The second-order valence-electron chi connectivity index (χ2n) is 11.8. The summed E-state index contributed by atoms with van der Waals surface area (Å²) in [5.74, 6) is -0.0982. The first-order chi connectivity index (χ1) is 21.0. The quantitative estimate of drug-likeness (QED) is 0.181. The van der Waals surface area contributed by atoms with Crippen molar-refractivity contribution < 1.29 is 9.59 Å². The number of hydrogen-bond acceptors (Lipinski definition) is 3. The number of hydrogen-bond donors (Lipinski definition) is 0. The lowest BCUT2D eigenvalue weighted by atomic mass is 10.0. The van der Waals surface area contributed by atoms with Crippen LogP contribution in [-0.2, 0) is 9.59 Å². The van der Waals surface area contributed by atoms with Gasteiger partial charge in [-0.2, -0.15) is 0 Å². The van der Waals surface area contributed by atoms with Crippen molar-refractivity contribution in [2.45, 2.75) is 72.1 Å². The molecule has 0 aromatic heterocycles. The molecule has 0 spiro atoms. The molecule has 3 aromatic carbocycles. The predicted octanol–water partition coefficient (Wildman–Crippen LogP) is 8.73. The molecule has 0 radical (unpaired) electrons. The number of anilines is 2. The summed E-state index contributed by atoms with van der Waals surface area (Å²) in [7, 11) is 2.05. The maximum atomic E-state index is 14.4. The van der Waals surface area contributed by atoms with E-state index in [0.29, 0.717) is 24.2 Å². The van der Waals surface area contributed by atoms with Crippen molar-refractivity contribution in [2.24, 2.45) is 0 Å². The van der Waals surface area contributed by atoms with Crippen molar-refractivity contribution in [3.05, 3.63) is 107 Å². The van der Waals surface area contributed by atoms with E-state index in [0.717, 1.165) is 90.8 Å². The van der Waals surface area contributed by atoms with E-state index in [1.54, 1.807) is 0 Å². The summed E-state index contributed by atoms with van der Waals surface area (Å²) in [6.45, 7) is 7.67. The predicted molar refractivity (Wildman–Crippen MR) is 178 cm³/mol. The van der Waals surface area contributed by atoms with Crippen LogP contribution in [0.4, 0.5) is 11.4 Å². The van der Waals surface area contributed by atoms with Crippen molar-refractivity contribution >= 4 is 34.6 Å². The van der Waals surface area contributed by atoms with Crippen molar-refractivity contribution in [1.29, 1.82) is 0 Å². The lowest BCUT2D eigenvalue weighted by Crippen LogP contribution is -2.31. The van der Waals surface area contributed by atoms with Gasteiger partial charge in [-0.3, -0.25) is 9.59 Å². The molecule has 0 saturated carbocycles. The maximum Gasteiger partial charge on any atom is 0.261 e. The number of rotatable bonds is 14. The van der Waals surface area contributed by atoms with Crippen LogP contribution >= 0.6 is 0 Å². The van der Waals surface area contributed by atoms with Crippen LogP contribution in [0.2, 0.25) is 0 Å². The zero-order chi connectivity index (χ0) is 30.3. The van der Waals surface area contributed by atoms with Gasteiger partial charge in [0.2, 0.25) is 0 Å². The number of carbonyl (C=O) groups is 2. The number of nitrogens with zero attached hydrogens (tertiary/aromatic N) is 3. The van der Waals surface area contributed by atoms with Gasteiger partial charge >= 0.3 is 0 Å². The normalized spacial score (nSPS) is 14.8. The summed E-state index contributed by atoms with van der Waals surface area (Å²) < 4.78 is 0. The Balaban J connectivity index is 1.59. The molecule has 2 aliphatic heterocycles. The monoisotopic (exact) mass is 575 g/mol. The molecule has 2 amide bonds. The fourth-order valence-electron chi connectivity index (χ4n) is 6.17. The molecular formula is C38H45N3O2. The molecule has 5 heteroatoms. The third-order valence-corrected chi connectivity index (χ3v) is 8.65.